The molecule has 0 aromatic carbocycles. The lowest BCUT2D eigenvalue weighted by atomic mass is 10.3. The molecule has 0 atom stereocenters. The zero-order valence-corrected chi connectivity index (χ0v) is 12.1. The Kier molecular flexibility index (Phi) is 4.36. The zero-order valence-electron chi connectivity index (χ0n) is 12.1. The van der Waals surface area contributed by atoms with Crippen molar-refractivity contribution in [1.29, 1.82) is 0 Å². The number of carbonyl (C=O) groups excluding carboxylic acids is 2. The Balaban J connectivity index is 2.06. The van der Waals surface area contributed by atoms with Gasteiger partial charge in [-0.1, -0.05) is 5.21 Å². The number of hydrogen-bond acceptors (Lipinski definition) is 5. The molecule has 0 aliphatic heterocycles. The summed E-state index contributed by atoms with van der Waals surface area (Å²) in [5.41, 5.74) is 0.734. The van der Waals surface area contributed by atoms with Crippen LogP contribution in [0.25, 0.3) is 0 Å². The first-order valence-corrected chi connectivity index (χ1v) is 6.95. The number of hydrogen-bond donors (Lipinski definition) is 0. The van der Waals surface area contributed by atoms with Crippen LogP contribution in [0.3, 0.4) is 0 Å². The standard InChI is InChI=1S/C13H20N4O3/c1-4-16(10-6-7-10)11(18)8-17-9(3)12(14-15-17)13(19)20-5-2/h10H,4-8H2,1-3H3. The number of esters is 1. The smallest absolute Gasteiger partial charge is 0.360 e. The summed E-state index contributed by atoms with van der Waals surface area (Å²) in [6.45, 7) is 6.51. The van der Waals surface area contributed by atoms with Gasteiger partial charge in [-0.05, 0) is 33.6 Å². The van der Waals surface area contributed by atoms with Crippen LogP contribution in [0.15, 0.2) is 0 Å². The molecule has 0 bridgehead atoms. The van der Waals surface area contributed by atoms with E-state index in [0.717, 1.165) is 12.8 Å². The van der Waals surface area contributed by atoms with Crippen molar-refractivity contribution in [3.05, 3.63) is 11.4 Å². The molecule has 110 valence electrons. The Morgan fingerprint density at radius 2 is 2.10 bits per heavy atom. The number of amides is 1. The van der Waals surface area contributed by atoms with Crippen molar-refractivity contribution in [1.82, 2.24) is 19.9 Å². The summed E-state index contributed by atoms with van der Waals surface area (Å²) in [5, 5.41) is 7.67. The van der Waals surface area contributed by atoms with Crippen molar-refractivity contribution in [2.24, 2.45) is 0 Å². The maximum Gasteiger partial charge on any atom is 0.360 e. The van der Waals surface area contributed by atoms with E-state index in [0.29, 0.717) is 18.3 Å². The van der Waals surface area contributed by atoms with Crippen LogP contribution in [0.2, 0.25) is 0 Å². The van der Waals surface area contributed by atoms with E-state index in [2.05, 4.69) is 10.3 Å². The molecule has 1 aromatic heterocycles. The Morgan fingerprint density at radius 3 is 2.65 bits per heavy atom. The van der Waals surface area contributed by atoms with Gasteiger partial charge in [0.1, 0.15) is 6.54 Å². The van der Waals surface area contributed by atoms with E-state index in [-0.39, 0.29) is 24.8 Å². The molecule has 0 unspecified atom stereocenters. The van der Waals surface area contributed by atoms with Gasteiger partial charge in [-0.15, -0.1) is 5.10 Å². The molecule has 1 aliphatic carbocycles. The van der Waals surface area contributed by atoms with Gasteiger partial charge in [0.2, 0.25) is 5.91 Å². The molecular formula is C13H20N4O3. The molecule has 2 rings (SSSR count). The van der Waals surface area contributed by atoms with E-state index in [4.69, 9.17) is 4.74 Å². The van der Waals surface area contributed by atoms with Gasteiger partial charge < -0.3 is 9.64 Å². The highest BCUT2D eigenvalue weighted by Crippen LogP contribution is 2.26. The lowest BCUT2D eigenvalue weighted by Crippen LogP contribution is -2.36. The number of likely N-dealkylation sites (N-methyl/N-ethyl adjacent to an activating group) is 1. The molecule has 0 N–H and O–H groups in total. The van der Waals surface area contributed by atoms with Crippen molar-refractivity contribution in [2.75, 3.05) is 13.2 Å². The highest BCUT2D eigenvalue weighted by Gasteiger charge is 2.31. The summed E-state index contributed by atoms with van der Waals surface area (Å²) < 4.78 is 6.35. The lowest BCUT2D eigenvalue weighted by molar-refractivity contribution is -0.132. The molecule has 1 aliphatic rings. The fraction of sp³-hybridized carbons (Fsp3) is 0.692. The van der Waals surface area contributed by atoms with E-state index in [1.165, 1.54) is 4.68 Å². The topological polar surface area (TPSA) is 77.3 Å². The molecule has 1 fully saturated rings. The zero-order chi connectivity index (χ0) is 14.7. The normalized spacial score (nSPS) is 14.2. The van der Waals surface area contributed by atoms with Gasteiger partial charge in [-0.25, -0.2) is 9.48 Å². The highest BCUT2D eigenvalue weighted by molar-refractivity contribution is 5.88. The first kappa shape index (κ1) is 14.5. The maximum atomic E-state index is 12.2. The second-order valence-electron chi connectivity index (χ2n) is 4.81. The molecule has 7 nitrogen and oxygen atoms in total. The fourth-order valence-electron chi connectivity index (χ4n) is 2.14. The van der Waals surface area contributed by atoms with Crippen LogP contribution < -0.4 is 0 Å². The largest absolute Gasteiger partial charge is 0.461 e. The van der Waals surface area contributed by atoms with Crippen molar-refractivity contribution in [3.63, 3.8) is 0 Å². The van der Waals surface area contributed by atoms with Crippen LogP contribution in [0.1, 0.15) is 42.9 Å². The third-order valence-corrected chi connectivity index (χ3v) is 3.39. The minimum absolute atomic E-state index is 0.0124. The van der Waals surface area contributed by atoms with E-state index in [1.54, 1.807) is 13.8 Å². The van der Waals surface area contributed by atoms with Gasteiger partial charge in [0.25, 0.3) is 0 Å². The molecule has 1 aromatic rings. The predicted molar refractivity (Wildman–Crippen MR) is 71.1 cm³/mol. The number of rotatable bonds is 6. The number of aromatic nitrogens is 3. The second kappa shape index (κ2) is 6.02. The van der Waals surface area contributed by atoms with Gasteiger partial charge in [0.05, 0.1) is 12.3 Å². The molecule has 1 heterocycles. The summed E-state index contributed by atoms with van der Waals surface area (Å²) in [4.78, 5) is 25.7. The van der Waals surface area contributed by atoms with E-state index < -0.39 is 5.97 Å². The molecule has 0 radical (unpaired) electrons. The molecular weight excluding hydrogens is 260 g/mol. The fourth-order valence-corrected chi connectivity index (χ4v) is 2.14. The molecule has 1 amide bonds. The summed E-state index contributed by atoms with van der Waals surface area (Å²) in [7, 11) is 0. The van der Waals surface area contributed by atoms with E-state index >= 15 is 0 Å². The molecule has 1 saturated carbocycles. The van der Waals surface area contributed by atoms with Crippen LogP contribution in [0.5, 0.6) is 0 Å². The lowest BCUT2D eigenvalue weighted by Gasteiger charge is -2.20. The van der Waals surface area contributed by atoms with Crippen LogP contribution >= 0.6 is 0 Å². The predicted octanol–water partition coefficient (Wildman–Crippen LogP) is 0.774. The first-order valence-electron chi connectivity index (χ1n) is 6.95. The number of carbonyl (C=O) groups is 2. The molecule has 0 saturated heterocycles. The molecule has 7 heteroatoms. The van der Waals surface area contributed by atoms with Gasteiger partial charge in [-0.3, -0.25) is 4.79 Å². The Morgan fingerprint density at radius 1 is 1.40 bits per heavy atom. The third-order valence-electron chi connectivity index (χ3n) is 3.39. The van der Waals surface area contributed by atoms with Gasteiger partial charge >= 0.3 is 5.97 Å². The molecule has 20 heavy (non-hydrogen) atoms. The summed E-state index contributed by atoms with van der Waals surface area (Å²) >= 11 is 0. The number of ether oxygens (including phenoxy) is 1. The van der Waals surface area contributed by atoms with E-state index in [9.17, 15) is 9.59 Å². The SMILES string of the molecule is CCOC(=O)c1nnn(CC(=O)N(CC)C2CC2)c1C. The van der Waals surface area contributed by atoms with Crippen molar-refractivity contribution < 1.29 is 14.3 Å². The first-order chi connectivity index (χ1) is 9.58. The van der Waals surface area contributed by atoms with Crippen LogP contribution in [-0.4, -0.2) is 51.0 Å². The summed E-state index contributed by atoms with van der Waals surface area (Å²) in [5.74, 6) is -0.489. The van der Waals surface area contributed by atoms with Crippen LogP contribution in [-0.2, 0) is 16.1 Å². The minimum atomic E-state index is -0.502. The average molecular weight is 280 g/mol. The third kappa shape index (κ3) is 2.97. The monoisotopic (exact) mass is 280 g/mol. The van der Waals surface area contributed by atoms with Gasteiger partial charge in [-0.2, -0.15) is 0 Å². The Bertz CT molecular complexity index is 508. The van der Waals surface area contributed by atoms with Gasteiger partial charge in [0, 0.05) is 12.6 Å². The summed E-state index contributed by atoms with van der Waals surface area (Å²) in [6, 6.07) is 0.376. The van der Waals surface area contributed by atoms with Gasteiger partial charge in [0.15, 0.2) is 5.69 Å². The van der Waals surface area contributed by atoms with Crippen molar-refractivity contribution in [2.45, 2.75) is 46.2 Å². The quantitative estimate of drug-likeness (QED) is 0.719. The maximum absolute atomic E-state index is 12.2. The van der Waals surface area contributed by atoms with Crippen molar-refractivity contribution >= 4 is 11.9 Å². The Hall–Kier alpha value is -1.92. The van der Waals surface area contributed by atoms with E-state index in [1.807, 2.05) is 11.8 Å². The highest BCUT2D eigenvalue weighted by atomic mass is 16.5. The second-order valence-corrected chi connectivity index (χ2v) is 4.81. The summed E-state index contributed by atoms with van der Waals surface area (Å²) in [6.07, 6.45) is 2.15. The van der Waals surface area contributed by atoms with Crippen LogP contribution in [0.4, 0.5) is 0 Å². The van der Waals surface area contributed by atoms with Crippen LogP contribution in [0, 0.1) is 6.92 Å². The average Bonchev–Trinajstić information content (AvgIpc) is 3.17. The molecule has 0 spiro atoms. The minimum Gasteiger partial charge on any atom is -0.461 e. The van der Waals surface area contributed by atoms with Crippen molar-refractivity contribution in [3.8, 4) is 0 Å². The Labute approximate surface area is 117 Å². The number of nitrogens with zero attached hydrogens (tertiary/aromatic N) is 4.